The predicted molar refractivity (Wildman–Crippen MR) is 110 cm³/mol. The van der Waals surface area contributed by atoms with Crippen molar-refractivity contribution in [3.8, 4) is 6.07 Å². The Morgan fingerprint density at radius 1 is 1.07 bits per heavy atom. The quantitative estimate of drug-likeness (QED) is 0.421. The Hall–Kier alpha value is -2.74. The number of para-hydroxylation sites is 2. The molecule has 0 aliphatic heterocycles. The molecule has 4 nitrogen and oxygen atoms in total. The van der Waals surface area contributed by atoms with Gasteiger partial charge < -0.3 is 0 Å². The van der Waals surface area contributed by atoms with Crippen molar-refractivity contribution >= 4 is 51.4 Å². The Bertz CT molecular complexity index is 1200. The molecule has 27 heavy (non-hydrogen) atoms. The van der Waals surface area contributed by atoms with E-state index in [9.17, 15) is 5.26 Å². The molecule has 2 heterocycles. The number of H-pyrrole nitrogens is 1. The smallest absolute Gasteiger partial charge is 0.250 e. The molecule has 0 aliphatic rings. The molecule has 2 aromatic heterocycles. The van der Waals surface area contributed by atoms with Crippen LogP contribution in [0.25, 0.3) is 16.7 Å². The summed E-state index contributed by atoms with van der Waals surface area (Å²) in [6, 6.07) is 17.7. The third-order valence-corrected chi connectivity index (χ3v) is 4.99. The number of rotatable bonds is 3. The molecule has 0 radical (unpaired) electrons. The van der Waals surface area contributed by atoms with E-state index in [4.69, 9.17) is 23.2 Å². The van der Waals surface area contributed by atoms with Gasteiger partial charge in [-0.05, 0) is 41.8 Å². The molecular formula is C21H17Cl2N4+. The maximum atomic E-state index is 9.81. The zero-order valence-electron chi connectivity index (χ0n) is 14.8. The molecule has 0 saturated carbocycles. The number of hydrogen-bond acceptors (Lipinski definition) is 2. The van der Waals surface area contributed by atoms with Crippen LogP contribution < -0.4 is 9.72 Å². The van der Waals surface area contributed by atoms with Crippen molar-refractivity contribution in [3.63, 3.8) is 0 Å². The topological polar surface area (TPSA) is 55.7 Å². The fraction of sp³-hybridized carbons (Fsp3) is 0.143. The van der Waals surface area contributed by atoms with Gasteiger partial charge in [0.05, 0.1) is 5.69 Å². The Kier molecular flexibility index (Phi) is 4.43. The summed E-state index contributed by atoms with van der Waals surface area (Å²) in [5, 5.41) is 14.3. The number of nitriles is 1. The van der Waals surface area contributed by atoms with Crippen molar-refractivity contribution in [1.82, 2.24) is 4.98 Å². The van der Waals surface area contributed by atoms with Crippen molar-refractivity contribution in [2.24, 2.45) is 0 Å². The number of nitrogens with zero attached hydrogens (tertiary/aromatic N) is 2. The van der Waals surface area contributed by atoms with Crippen LogP contribution in [0.15, 0.2) is 48.5 Å². The average molecular weight is 396 g/mol. The van der Waals surface area contributed by atoms with E-state index in [2.05, 4.69) is 30.2 Å². The third-order valence-electron chi connectivity index (χ3n) is 4.55. The molecule has 0 aliphatic carbocycles. The minimum atomic E-state index is 0.194. The number of anilines is 2. The van der Waals surface area contributed by atoms with Gasteiger partial charge in [-0.3, -0.25) is 10.3 Å². The summed E-state index contributed by atoms with van der Waals surface area (Å²) in [6.07, 6.45) is 0. The van der Waals surface area contributed by atoms with E-state index in [-0.39, 0.29) is 5.92 Å². The van der Waals surface area contributed by atoms with Crippen LogP contribution in [-0.4, -0.2) is 4.98 Å². The second-order valence-corrected chi connectivity index (χ2v) is 7.61. The highest BCUT2D eigenvalue weighted by molar-refractivity contribution is 6.35. The number of hydrogen-bond donors (Lipinski definition) is 2. The van der Waals surface area contributed by atoms with Crippen LogP contribution >= 0.6 is 23.2 Å². The standard InChI is InChI=1S/C21H16Cl2N4/c1-12(2)16-10-20(25-15-8-13(22)7-14(23)9-15)27-19-6-4-3-5-18(19)26-21(27)17(16)11-24/h3-10,12H,1-2H3,(H,25,26)/p+1. The first-order chi connectivity index (χ1) is 13.0. The molecule has 0 bridgehead atoms. The number of imidazole rings is 1. The Balaban J connectivity index is 2.05. The van der Waals surface area contributed by atoms with Gasteiger partial charge in [0.15, 0.2) is 0 Å². The van der Waals surface area contributed by atoms with Crippen molar-refractivity contribution < 1.29 is 4.40 Å². The maximum Gasteiger partial charge on any atom is 0.250 e. The lowest BCUT2D eigenvalue weighted by Gasteiger charge is -2.11. The van der Waals surface area contributed by atoms with E-state index in [0.717, 1.165) is 33.7 Å². The van der Waals surface area contributed by atoms with Crippen LogP contribution in [0.3, 0.4) is 0 Å². The van der Waals surface area contributed by atoms with E-state index >= 15 is 0 Å². The molecule has 4 rings (SSSR count). The van der Waals surface area contributed by atoms with E-state index in [1.54, 1.807) is 6.07 Å². The maximum absolute atomic E-state index is 9.81. The average Bonchev–Trinajstić information content (AvgIpc) is 3.00. The van der Waals surface area contributed by atoms with Gasteiger partial charge in [0.1, 0.15) is 22.7 Å². The van der Waals surface area contributed by atoms with E-state index in [0.29, 0.717) is 15.6 Å². The van der Waals surface area contributed by atoms with E-state index in [1.165, 1.54) is 0 Å². The number of nitrogens with one attached hydrogen (secondary N) is 2. The normalized spacial score (nSPS) is 11.3. The summed E-state index contributed by atoms with van der Waals surface area (Å²) < 4.78 is 2.02. The first-order valence-corrected chi connectivity index (χ1v) is 9.36. The van der Waals surface area contributed by atoms with Crippen LogP contribution in [0.1, 0.15) is 30.9 Å². The molecule has 0 spiro atoms. The van der Waals surface area contributed by atoms with Crippen LogP contribution in [-0.2, 0) is 0 Å². The number of pyridine rings is 1. The number of fused-ring (bicyclic) bond motifs is 3. The van der Waals surface area contributed by atoms with Crippen molar-refractivity contribution in [1.29, 1.82) is 5.26 Å². The Morgan fingerprint density at radius 3 is 2.44 bits per heavy atom. The second kappa shape index (κ2) is 6.77. The predicted octanol–water partition coefficient (Wildman–Crippen LogP) is 5.95. The summed E-state index contributed by atoms with van der Waals surface area (Å²) in [4.78, 5) is 3.39. The molecule has 0 atom stereocenters. The molecule has 0 amide bonds. The zero-order chi connectivity index (χ0) is 19.1. The lowest BCUT2D eigenvalue weighted by molar-refractivity contribution is -0.464. The first-order valence-electron chi connectivity index (χ1n) is 8.60. The minimum absolute atomic E-state index is 0.194. The molecule has 0 fully saturated rings. The Labute approximate surface area is 167 Å². The second-order valence-electron chi connectivity index (χ2n) is 6.74. The van der Waals surface area contributed by atoms with Gasteiger partial charge in [-0.2, -0.15) is 9.66 Å². The molecule has 134 valence electrons. The van der Waals surface area contributed by atoms with E-state index in [1.807, 2.05) is 46.9 Å². The SMILES string of the molecule is CC(C)c1cc(Nc2cc(Cl)cc(Cl)c2)[n+]2c([nH]c3ccccc32)c1C#N. The fourth-order valence-electron chi connectivity index (χ4n) is 3.36. The van der Waals surface area contributed by atoms with Crippen molar-refractivity contribution in [3.05, 3.63) is 69.7 Å². The monoisotopic (exact) mass is 395 g/mol. The molecule has 4 aromatic rings. The molecule has 0 unspecified atom stereocenters. The van der Waals surface area contributed by atoms with Crippen LogP contribution in [0.5, 0.6) is 0 Å². The van der Waals surface area contributed by atoms with Crippen molar-refractivity contribution in [2.75, 3.05) is 5.32 Å². The summed E-state index contributed by atoms with van der Waals surface area (Å²) in [5.41, 5.74) is 5.11. The molecular weight excluding hydrogens is 379 g/mol. The van der Waals surface area contributed by atoms with Gasteiger partial charge in [-0.15, -0.1) is 0 Å². The highest BCUT2D eigenvalue weighted by atomic mass is 35.5. The number of aromatic amines is 1. The number of halogens is 2. The number of benzene rings is 2. The zero-order valence-corrected chi connectivity index (χ0v) is 16.4. The molecule has 2 aromatic carbocycles. The van der Waals surface area contributed by atoms with Gasteiger partial charge in [-0.1, -0.05) is 49.2 Å². The van der Waals surface area contributed by atoms with Crippen LogP contribution in [0.2, 0.25) is 10.0 Å². The summed E-state index contributed by atoms with van der Waals surface area (Å²) in [6.45, 7) is 4.16. The Morgan fingerprint density at radius 2 is 1.78 bits per heavy atom. The van der Waals surface area contributed by atoms with Gasteiger partial charge in [0.2, 0.25) is 11.5 Å². The highest BCUT2D eigenvalue weighted by Gasteiger charge is 2.23. The summed E-state index contributed by atoms with van der Waals surface area (Å²) in [7, 11) is 0. The van der Waals surface area contributed by atoms with Gasteiger partial charge in [-0.25, -0.2) is 0 Å². The minimum Gasteiger partial charge on any atom is -0.273 e. The molecule has 0 saturated heterocycles. The fourth-order valence-corrected chi connectivity index (χ4v) is 3.89. The van der Waals surface area contributed by atoms with Crippen LogP contribution in [0.4, 0.5) is 11.5 Å². The van der Waals surface area contributed by atoms with Gasteiger partial charge >= 0.3 is 0 Å². The molecule has 2 N–H and O–H groups in total. The summed E-state index contributed by atoms with van der Waals surface area (Å²) >= 11 is 12.3. The van der Waals surface area contributed by atoms with Gasteiger partial charge in [0, 0.05) is 16.1 Å². The van der Waals surface area contributed by atoms with Crippen LogP contribution in [0, 0.1) is 11.3 Å². The lowest BCUT2D eigenvalue weighted by atomic mass is 9.99. The van der Waals surface area contributed by atoms with Gasteiger partial charge in [0.25, 0.3) is 0 Å². The lowest BCUT2D eigenvalue weighted by Crippen LogP contribution is -2.26. The highest BCUT2D eigenvalue weighted by Crippen LogP contribution is 2.29. The first kappa shape index (κ1) is 17.7. The largest absolute Gasteiger partial charge is 0.273 e. The molecule has 6 heteroatoms. The van der Waals surface area contributed by atoms with E-state index < -0.39 is 0 Å². The summed E-state index contributed by atoms with van der Waals surface area (Å²) in [5.74, 6) is 1.03. The third kappa shape index (κ3) is 3.10. The van der Waals surface area contributed by atoms with Crippen molar-refractivity contribution in [2.45, 2.75) is 19.8 Å². The number of aromatic nitrogens is 2.